The van der Waals surface area contributed by atoms with Gasteiger partial charge in [-0.15, -0.1) is 0 Å². The standard InChI is InChI=1S/C34H43N5O11/c40-18-28(45)36-30-25(42)15-34(33(47)48,39-17-29(37-38-39)49-19-21-4-2-1-3-5-21)50-32(30)31(46)26(43)16-35-27(44)14-20-6-8-22(9-7-20)23-10-12-24(41)13-11-23/h6-13,17,21,25-26,30-32,40-43,46H,1-5,14-16,18-19H2,(H,35,44)(H,36,45)(H,47,48)/t25-,26+,30+,31+,32+,34+/m0/s1. The van der Waals surface area contributed by atoms with Gasteiger partial charge in [-0.1, -0.05) is 66.0 Å². The molecule has 270 valence electrons. The predicted molar refractivity (Wildman–Crippen MR) is 174 cm³/mol. The molecule has 8 N–H and O–H groups in total. The zero-order chi connectivity index (χ0) is 35.8. The number of aliphatic hydroxyl groups excluding tert-OH is 4. The van der Waals surface area contributed by atoms with E-state index in [9.17, 15) is 45.0 Å². The Kier molecular flexibility index (Phi) is 12.0. The molecule has 6 atom stereocenters. The van der Waals surface area contributed by atoms with E-state index in [0.29, 0.717) is 18.1 Å². The minimum absolute atomic E-state index is 0.0276. The largest absolute Gasteiger partial charge is 0.508 e. The van der Waals surface area contributed by atoms with Gasteiger partial charge < -0.3 is 50.7 Å². The number of carbonyl (C=O) groups is 3. The summed E-state index contributed by atoms with van der Waals surface area (Å²) in [6, 6.07) is 12.3. The Morgan fingerprint density at radius 2 is 1.66 bits per heavy atom. The van der Waals surface area contributed by atoms with Crippen LogP contribution in [0.2, 0.25) is 0 Å². The Hall–Kier alpha value is -4.61. The molecule has 16 nitrogen and oxygen atoms in total. The number of aliphatic carboxylic acids is 1. The van der Waals surface area contributed by atoms with Crippen molar-refractivity contribution in [2.24, 2.45) is 5.92 Å². The van der Waals surface area contributed by atoms with Gasteiger partial charge in [-0.3, -0.25) is 9.59 Å². The van der Waals surface area contributed by atoms with Crippen LogP contribution in [0.15, 0.2) is 54.7 Å². The van der Waals surface area contributed by atoms with E-state index in [0.717, 1.165) is 41.5 Å². The summed E-state index contributed by atoms with van der Waals surface area (Å²) in [7, 11) is 0. The molecule has 2 aromatic carbocycles. The van der Waals surface area contributed by atoms with Crippen molar-refractivity contribution in [2.45, 2.75) is 81.1 Å². The molecule has 1 aromatic heterocycles. The highest BCUT2D eigenvalue weighted by Crippen LogP contribution is 2.36. The predicted octanol–water partition coefficient (Wildman–Crippen LogP) is 0.0548. The molecule has 1 saturated heterocycles. The molecular formula is C34H43N5O11. The Balaban J connectivity index is 1.26. The first-order valence-corrected chi connectivity index (χ1v) is 16.6. The Morgan fingerprint density at radius 3 is 2.30 bits per heavy atom. The Labute approximate surface area is 287 Å². The van der Waals surface area contributed by atoms with E-state index in [-0.39, 0.29) is 18.1 Å². The molecule has 2 fully saturated rings. The van der Waals surface area contributed by atoms with E-state index in [1.807, 2.05) is 12.1 Å². The van der Waals surface area contributed by atoms with Crippen LogP contribution >= 0.6 is 0 Å². The number of hydrogen-bond acceptors (Lipinski definition) is 12. The fourth-order valence-electron chi connectivity index (χ4n) is 6.37. The minimum Gasteiger partial charge on any atom is -0.508 e. The molecule has 2 heterocycles. The summed E-state index contributed by atoms with van der Waals surface area (Å²) >= 11 is 0. The van der Waals surface area contributed by atoms with Crippen molar-refractivity contribution >= 4 is 17.8 Å². The summed E-state index contributed by atoms with van der Waals surface area (Å²) in [4.78, 5) is 37.6. The number of phenols is 1. The van der Waals surface area contributed by atoms with Gasteiger partial charge >= 0.3 is 5.97 Å². The fourth-order valence-corrected chi connectivity index (χ4v) is 6.37. The molecule has 1 aliphatic carbocycles. The number of nitrogens with zero attached hydrogens (tertiary/aromatic N) is 3. The van der Waals surface area contributed by atoms with Crippen molar-refractivity contribution in [3.8, 4) is 22.8 Å². The molecule has 0 bridgehead atoms. The second kappa shape index (κ2) is 16.4. The van der Waals surface area contributed by atoms with Crippen LogP contribution < -0.4 is 15.4 Å². The number of rotatable bonds is 14. The molecule has 1 aliphatic heterocycles. The van der Waals surface area contributed by atoms with Crippen molar-refractivity contribution in [3.63, 3.8) is 0 Å². The van der Waals surface area contributed by atoms with Crippen LogP contribution in [0.1, 0.15) is 44.1 Å². The molecule has 2 aliphatic rings. The quantitative estimate of drug-likeness (QED) is 0.111. The van der Waals surface area contributed by atoms with E-state index in [1.54, 1.807) is 36.4 Å². The Morgan fingerprint density at radius 1 is 1.00 bits per heavy atom. The lowest BCUT2D eigenvalue weighted by Gasteiger charge is -2.46. The number of benzene rings is 2. The van der Waals surface area contributed by atoms with Crippen LogP contribution in [-0.2, 0) is 31.3 Å². The normalized spacial score (nSPS) is 23.8. The van der Waals surface area contributed by atoms with Crippen LogP contribution in [0.5, 0.6) is 11.6 Å². The first-order chi connectivity index (χ1) is 24.0. The second-order valence-electron chi connectivity index (χ2n) is 12.8. The maximum atomic E-state index is 12.8. The van der Waals surface area contributed by atoms with Crippen LogP contribution in [-0.4, -0.2) is 114 Å². The van der Waals surface area contributed by atoms with E-state index < -0.39 is 73.5 Å². The van der Waals surface area contributed by atoms with Gasteiger partial charge in [-0.2, -0.15) is 0 Å². The molecular weight excluding hydrogens is 654 g/mol. The van der Waals surface area contributed by atoms with Gasteiger partial charge in [0.1, 0.15) is 24.6 Å². The molecule has 1 saturated carbocycles. The average Bonchev–Trinajstić information content (AvgIpc) is 3.61. The second-order valence-corrected chi connectivity index (χ2v) is 12.8. The number of nitrogens with one attached hydrogen (secondary N) is 2. The molecule has 16 heteroatoms. The lowest BCUT2D eigenvalue weighted by molar-refractivity contribution is -0.257. The van der Waals surface area contributed by atoms with Gasteiger partial charge in [0.2, 0.25) is 11.8 Å². The van der Waals surface area contributed by atoms with E-state index in [2.05, 4.69) is 20.9 Å². The zero-order valence-corrected chi connectivity index (χ0v) is 27.3. The summed E-state index contributed by atoms with van der Waals surface area (Å²) in [5, 5.41) is 75.1. The van der Waals surface area contributed by atoms with Gasteiger partial charge in [-0.25, -0.2) is 9.48 Å². The minimum atomic E-state index is -2.44. The van der Waals surface area contributed by atoms with Gasteiger partial charge in [0, 0.05) is 13.0 Å². The number of aliphatic hydroxyl groups is 4. The van der Waals surface area contributed by atoms with Crippen LogP contribution in [0.4, 0.5) is 0 Å². The number of phenolic OH excluding ortho intramolecular Hbond substituents is 1. The van der Waals surface area contributed by atoms with Crippen molar-refractivity contribution in [1.82, 2.24) is 25.6 Å². The third-order valence-electron chi connectivity index (χ3n) is 9.18. The third kappa shape index (κ3) is 8.75. The van der Waals surface area contributed by atoms with Crippen molar-refractivity contribution in [2.75, 3.05) is 19.8 Å². The fraction of sp³-hybridized carbons (Fsp3) is 0.500. The highest BCUT2D eigenvalue weighted by Gasteiger charge is 2.57. The molecule has 0 radical (unpaired) electrons. The summed E-state index contributed by atoms with van der Waals surface area (Å²) in [5.74, 6) is -2.55. The van der Waals surface area contributed by atoms with E-state index >= 15 is 0 Å². The molecule has 2 amide bonds. The number of carboxylic acids is 1. The van der Waals surface area contributed by atoms with Gasteiger partial charge in [0.25, 0.3) is 11.6 Å². The molecule has 50 heavy (non-hydrogen) atoms. The number of aromatic hydroxyl groups is 1. The number of ether oxygens (including phenoxy) is 2. The van der Waals surface area contributed by atoms with Crippen LogP contribution in [0.3, 0.4) is 0 Å². The summed E-state index contributed by atoms with van der Waals surface area (Å²) in [5.41, 5.74) is -0.0395. The van der Waals surface area contributed by atoms with Gasteiger partial charge in [0.05, 0.1) is 37.5 Å². The first-order valence-electron chi connectivity index (χ1n) is 16.6. The number of carboxylic acid groups (broad SMARTS) is 1. The topological polar surface area (TPSA) is 246 Å². The Bertz CT molecular complexity index is 1600. The summed E-state index contributed by atoms with van der Waals surface area (Å²) < 4.78 is 12.5. The number of aromatic nitrogens is 3. The maximum absolute atomic E-state index is 12.8. The average molecular weight is 698 g/mol. The molecule has 0 unspecified atom stereocenters. The lowest BCUT2D eigenvalue weighted by atomic mass is 9.87. The monoisotopic (exact) mass is 697 g/mol. The lowest BCUT2D eigenvalue weighted by Crippen LogP contribution is -2.68. The number of carbonyl (C=O) groups excluding carboxylic acids is 2. The molecule has 0 spiro atoms. The summed E-state index contributed by atoms with van der Waals surface area (Å²) in [6.07, 6.45) is -1.30. The highest BCUT2D eigenvalue weighted by atomic mass is 16.6. The van der Waals surface area contributed by atoms with E-state index in [4.69, 9.17) is 9.47 Å². The van der Waals surface area contributed by atoms with Crippen molar-refractivity contribution < 1.29 is 54.5 Å². The van der Waals surface area contributed by atoms with Gasteiger partial charge in [0.15, 0.2) is 0 Å². The van der Waals surface area contributed by atoms with Gasteiger partial charge in [-0.05, 0) is 47.6 Å². The number of amides is 2. The molecule has 3 aromatic rings. The van der Waals surface area contributed by atoms with Crippen molar-refractivity contribution in [3.05, 3.63) is 60.3 Å². The smallest absolute Gasteiger partial charge is 0.359 e. The zero-order valence-electron chi connectivity index (χ0n) is 27.3. The van der Waals surface area contributed by atoms with Crippen molar-refractivity contribution in [1.29, 1.82) is 0 Å². The maximum Gasteiger partial charge on any atom is 0.359 e. The summed E-state index contributed by atoms with van der Waals surface area (Å²) in [6.45, 7) is -1.11. The molecule has 5 rings (SSSR count). The third-order valence-corrected chi connectivity index (χ3v) is 9.18. The number of hydrogen-bond donors (Lipinski definition) is 8. The van der Waals surface area contributed by atoms with Crippen LogP contribution in [0.25, 0.3) is 11.1 Å². The first kappa shape index (κ1) is 36.7. The highest BCUT2D eigenvalue weighted by molar-refractivity contribution is 5.79. The van der Waals surface area contributed by atoms with E-state index in [1.165, 1.54) is 12.6 Å². The SMILES string of the molecule is O=C(Cc1ccc(-c2ccc(O)cc2)cc1)NC[C@@H](O)[C@@H](O)[C@@H]1O[C@](C(=O)O)(n2cc(OCC3CCCCC3)nn2)C[C@H](O)[C@H]1NC(=O)CO. The van der Waals surface area contributed by atoms with Crippen LogP contribution in [0, 0.1) is 5.92 Å².